The van der Waals surface area contributed by atoms with E-state index in [4.69, 9.17) is 24.1 Å². The summed E-state index contributed by atoms with van der Waals surface area (Å²) in [6.45, 7) is 0.564. The first-order valence-corrected chi connectivity index (χ1v) is 8.70. The fraction of sp³-hybridized carbons (Fsp3) is 0.375. The molecule has 138 valence electrons. The van der Waals surface area contributed by atoms with E-state index in [1.165, 1.54) is 7.11 Å². The minimum absolute atomic E-state index is 0.0855. The molecule has 9 heteroatoms. The number of hydrogen-bond acceptors (Lipinski definition) is 7. The maximum atomic E-state index is 8.79. The molecule has 1 N–H and O–H groups in total. The van der Waals surface area contributed by atoms with Gasteiger partial charge in [0.25, 0.3) is 0 Å². The number of aromatic nitrogens is 2. The van der Waals surface area contributed by atoms with Crippen LogP contribution < -0.4 is 9.47 Å². The van der Waals surface area contributed by atoms with E-state index in [1.807, 2.05) is 6.07 Å². The fourth-order valence-corrected chi connectivity index (χ4v) is 2.27. The van der Waals surface area contributed by atoms with Crippen LogP contribution in [-0.4, -0.2) is 43.2 Å². The Morgan fingerprint density at radius 3 is 1.88 bits per heavy atom. The molecule has 0 bridgehead atoms. The van der Waals surface area contributed by atoms with Crippen molar-refractivity contribution in [1.29, 1.82) is 0 Å². The molecule has 0 saturated carbocycles. The van der Waals surface area contributed by atoms with E-state index in [0.29, 0.717) is 24.1 Å². The Morgan fingerprint density at radius 2 is 1.40 bits per heavy atom. The Kier molecular flexibility index (Phi) is 10.6. The lowest BCUT2D eigenvalue weighted by Gasteiger charge is -2.06. The predicted octanol–water partition coefficient (Wildman–Crippen LogP) is 3.32. The zero-order valence-corrected chi connectivity index (χ0v) is 17.3. The molecule has 2 rings (SSSR count). The van der Waals surface area contributed by atoms with Crippen LogP contribution in [0.2, 0.25) is 0 Å². The Balaban J connectivity index is 0.000000257. The molecule has 0 atom stereocenters. The molecule has 2 aromatic heterocycles. The summed E-state index contributed by atoms with van der Waals surface area (Å²) < 4.78 is 21.5. The van der Waals surface area contributed by atoms with Gasteiger partial charge in [0, 0.05) is 28.2 Å². The maximum Gasteiger partial charge on any atom is 0.213 e. The Hall–Kier alpha value is -1.26. The normalized spacial score (nSPS) is 10.0. The molecule has 0 aliphatic rings. The molecule has 0 aliphatic carbocycles. The van der Waals surface area contributed by atoms with Crippen molar-refractivity contribution in [1.82, 2.24) is 9.97 Å². The molecular weight excluding hydrogens is 460 g/mol. The molecule has 0 unspecified atom stereocenters. The molecule has 0 radical (unpaired) electrons. The van der Waals surface area contributed by atoms with E-state index in [2.05, 4.69) is 41.8 Å². The van der Waals surface area contributed by atoms with Crippen molar-refractivity contribution in [3.63, 3.8) is 0 Å². The number of rotatable bonds is 7. The largest absolute Gasteiger partial charge is 0.481 e. The molecule has 0 spiro atoms. The second kappa shape index (κ2) is 12.2. The number of hydrogen-bond donors (Lipinski definition) is 1. The van der Waals surface area contributed by atoms with E-state index in [9.17, 15) is 0 Å². The minimum atomic E-state index is -0.0855. The van der Waals surface area contributed by atoms with E-state index in [-0.39, 0.29) is 13.4 Å². The lowest BCUT2D eigenvalue weighted by molar-refractivity contribution is -0.0403. The quantitative estimate of drug-likeness (QED) is 0.481. The molecule has 7 nitrogen and oxygen atoms in total. The summed E-state index contributed by atoms with van der Waals surface area (Å²) in [5.74, 6) is 1.08. The van der Waals surface area contributed by atoms with Crippen molar-refractivity contribution in [3.8, 4) is 11.8 Å². The summed E-state index contributed by atoms with van der Waals surface area (Å²) in [5, 5.41) is 8.79. The number of aliphatic hydroxyl groups excluding tert-OH is 1. The van der Waals surface area contributed by atoms with Crippen LogP contribution in [0.15, 0.2) is 33.2 Å². The summed E-state index contributed by atoms with van der Waals surface area (Å²) in [7, 11) is 4.70. The van der Waals surface area contributed by atoms with Crippen molar-refractivity contribution in [2.75, 3.05) is 28.1 Å². The van der Waals surface area contributed by atoms with Crippen molar-refractivity contribution in [3.05, 3.63) is 44.6 Å². The number of aliphatic hydroxyl groups is 1. The lowest BCUT2D eigenvalue weighted by atomic mass is 10.3. The highest BCUT2D eigenvalue weighted by Crippen LogP contribution is 2.19. The molecule has 2 heterocycles. The van der Waals surface area contributed by atoms with Gasteiger partial charge in [0.15, 0.2) is 0 Å². The van der Waals surface area contributed by atoms with Crippen molar-refractivity contribution >= 4 is 31.9 Å². The van der Waals surface area contributed by atoms with Gasteiger partial charge in [-0.25, -0.2) is 9.97 Å². The van der Waals surface area contributed by atoms with E-state index >= 15 is 0 Å². The van der Waals surface area contributed by atoms with Gasteiger partial charge < -0.3 is 24.1 Å². The van der Waals surface area contributed by atoms with Gasteiger partial charge in [0.1, 0.15) is 6.79 Å². The molecule has 0 fully saturated rings. The van der Waals surface area contributed by atoms with Gasteiger partial charge in [-0.15, -0.1) is 0 Å². The zero-order valence-electron chi connectivity index (χ0n) is 14.2. The Morgan fingerprint density at radius 1 is 0.880 bits per heavy atom. The van der Waals surface area contributed by atoms with Gasteiger partial charge in [-0.1, -0.05) is 0 Å². The second-order valence-electron chi connectivity index (χ2n) is 4.48. The molecule has 0 saturated heterocycles. The van der Waals surface area contributed by atoms with E-state index in [1.54, 1.807) is 32.4 Å². The van der Waals surface area contributed by atoms with Crippen LogP contribution in [0, 0.1) is 0 Å². The van der Waals surface area contributed by atoms with Crippen LogP contribution >= 0.6 is 31.9 Å². The first-order valence-electron chi connectivity index (χ1n) is 7.12. The van der Waals surface area contributed by atoms with E-state index in [0.717, 1.165) is 14.6 Å². The lowest BCUT2D eigenvalue weighted by Crippen LogP contribution is -2.01. The van der Waals surface area contributed by atoms with Crippen LogP contribution in [-0.2, 0) is 22.7 Å². The monoisotopic (exact) mass is 478 g/mol. The third-order valence-corrected chi connectivity index (χ3v) is 4.24. The SMILES string of the molecule is COCOCc1nc(OC)ccc1Br.COc1ccc(Br)c(CO)n1. The fourth-order valence-electron chi connectivity index (χ4n) is 1.59. The van der Waals surface area contributed by atoms with Crippen molar-refractivity contribution in [2.45, 2.75) is 13.2 Å². The summed E-state index contributed by atoms with van der Waals surface area (Å²) in [6.07, 6.45) is 0. The van der Waals surface area contributed by atoms with Crippen molar-refractivity contribution in [2.24, 2.45) is 0 Å². The van der Waals surface area contributed by atoms with Crippen LogP contribution in [0.1, 0.15) is 11.4 Å². The highest BCUT2D eigenvalue weighted by Gasteiger charge is 2.03. The first-order chi connectivity index (χ1) is 12.0. The zero-order chi connectivity index (χ0) is 18.7. The predicted molar refractivity (Wildman–Crippen MR) is 99.6 cm³/mol. The minimum Gasteiger partial charge on any atom is -0.481 e. The smallest absolute Gasteiger partial charge is 0.213 e. The number of pyridine rings is 2. The summed E-state index contributed by atoms with van der Waals surface area (Å²) in [5.41, 5.74) is 1.38. The highest BCUT2D eigenvalue weighted by molar-refractivity contribution is 9.10. The van der Waals surface area contributed by atoms with Crippen LogP contribution in [0.25, 0.3) is 0 Å². The van der Waals surface area contributed by atoms with E-state index < -0.39 is 0 Å². The molecule has 0 amide bonds. The van der Waals surface area contributed by atoms with Gasteiger partial charge in [-0.2, -0.15) is 0 Å². The van der Waals surface area contributed by atoms with Gasteiger partial charge in [-0.05, 0) is 44.0 Å². The molecule has 2 aromatic rings. The number of halogens is 2. The molecular formula is C16H20Br2N2O5. The summed E-state index contributed by atoms with van der Waals surface area (Å²) >= 11 is 6.61. The van der Waals surface area contributed by atoms with Gasteiger partial charge in [0.05, 0.1) is 38.8 Å². The Bertz CT molecular complexity index is 658. The molecule has 0 aromatic carbocycles. The Labute approximate surface area is 163 Å². The number of nitrogens with zero attached hydrogens (tertiary/aromatic N) is 2. The number of methoxy groups -OCH3 is 3. The highest BCUT2D eigenvalue weighted by atomic mass is 79.9. The summed E-state index contributed by atoms with van der Waals surface area (Å²) in [4.78, 5) is 8.20. The van der Waals surface area contributed by atoms with Crippen LogP contribution in [0.4, 0.5) is 0 Å². The van der Waals surface area contributed by atoms with Crippen LogP contribution in [0.5, 0.6) is 11.8 Å². The average molecular weight is 480 g/mol. The second-order valence-corrected chi connectivity index (χ2v) is 6.19. The third kappa shape index (κ3) is 7.66. The third-order valence-electron chi connectivity index (χ3n) is 2.79. The van der Waals surface area contributed by atoms with Crippen LogP contribution in [0.3, 0.4) is 0 Å². The topological polar surface area (TPSA) is 82.9 Å². The van der Waals surface area contributed by atoms with Gasteiger partial charge in [-0.3, -0.25) is 0 Å². The van der Waals surface area contributed by atoms with Crippen molar-refractivity contribution < 1.29 is 24.1 Å². The summed E-state index contributed by atoms with van der Waals surface area (Å²) in [6, 6.07) is 7.17. The molecule has 0 aliphatic heterocycles. The first kappa shape index (κ1) is 21.8. The standard InChI is InChI=1S/C9H12BrNO3.C7H8BrNO2/c1-12-6-14-5-8-7(10)3-4-9(11-8)13-2;1-11-7-3-2-5(8)6(4-10)9-7/h3-4H,5-6H2,1-2H3;2-3,10H,4H2,1H3. The molecule has 25 heavy (non-hydrogen) atoms. The maximum absolute atomic E-state index is 8.79. The van der Waals surface area contributed by atoms with Gasteiger partial charge >= 0.3 is 0 Å². The number of ether oxygens (including phenoxy) is 4. The average Bonchev–Trinajstić information content (AvgIpc) is 2.64. The van der Waals surface area contributed by atoms with Gasteiger partial charge in [0.2, 0.25) is 11.8 Å².